The predicted octanol–water partition coefficient (Wildman–Crippen LogP) is 2.01. The summed E-state index contributed by atoms with van der Waals surface area (Å²) in [5, 5.41) is 2.70. The smallest absolute Gasteiger partial charge is 0.338 e. The molecule has 0 aliphatic carbocycles. The molecule has 0 bridgehead atoms. The molecule has 1 aromatic carbocycles. The lowest BCUT2D eigenvalue weighted by Gasteiger charge is -2.08. The van der Waals surface area contributed by atoms with E-state index in [4.69, 9.17) is 9.47 Å². The van der Waals surface area contributed by atoms with Crippen molar-refractivity contribution in [3.63, 3.8) is 0 Å². The summed E-state index contributed by atoms with van der Waals surface area (Å²) in [6.45, 7) is 4.48. The minimum atomic E-state index is -0.539. The molecule has 0 saturated heterocycles. The van der Waals surface area contributed by atoms with Crippen molar-refractivity contribution in [1.29, 1.82) is 0 Å². The Morgan fingerprint density at radius 1 is 1.30 bits per heavy atom. The van der Waals surface area contributed by atoms with Crippen LogP contribution >= 0.6 is 0 Å². The van der Waals surface area contributed by atoms with Gasteiger partial charge in [0.2, 0.25) is 0 Å². The molecule has 0 aliphatic heterocycles. The van der Waals surface area contributed by atoms with Crippen molar-refractivity contribution < 1.29 is 19.1 Å². The molecule has 0 saturated carbocycles. The van der Waals surface area contributed by atoms with Crippen LogP contribution < -0.4 is 10.1 Å². The van der Waals surface area contributed by atoms with Crippen molar-refractivity contribution in [2.75, 3.05) is 20.3 Å². The molecule has 110 valence electrons. The van der Waals surface area contributed by atoms with Crippen LogP contribution in [0.5, 0.6) is 5.75 Å². The van der Waals surface area contributed by atoms with Crippen molar-refractivity contribution in [2.24, 2.45) is 5.92 Å². The van der Waals surface area contributed by atoms with E-state index in [2.05, 4.69) is 19.2 Å². The highest BCUT2D eigenvalue weighted by Crippen LogP contribution is 2.13. The van der Waals surface area contributed by atoms with Crippen LogP contribution in [0.2, 0.25) is 0 Å². The Morgan fingerprint density at radius 3 is 2.70 bits per heavy atom. The molecule has 0 heterocycles. The minimum Gasteiger partial charge on any atom is -0.497 e. The first-order valence-electron chi connectivity index (χ1n) is 6.60. The van der Waals surface area contributed by atoms with Crippen LogP contribution in [0.25, 0.3) is 0 Å². The van der Waals surface area contributed by atoms with Crippen LogP contribution in [0, 0.1) is 5.92 Å². The van der Waals surface area contributed by atoms with E-state index in [0.717, 1.165) is 6.42 Å². The standard InChI is InChI=1S/C15H21NO4/c1-11(2)7-8-16-14(17)10-20-15(18)12-5-4-6-13(9-12)19-3/h4-6,9,11H,7-8,10H2,1-3H3,(H,16,17). The summed E-state index contributed by atoms with van der Waals surface area (Å²) in [7, 11) is 1.52. The van der Waals surface area contributed by atoms with Crippen LogP contribution in [0.1, 0.15) is 30.6 Å². The highest BCUT2D eigenvalue weighted by Gasteiger charge is 2.10. The number of rotatable bonds is 7. The number of hydrogen-bond acceptors (Lipinski definition) is 4. The van der Waals surface area contributed by atoms with Crippen LogP contribution in [0.15, 0.2) is 24.3 Å². The molecule has 0 radical (unpaired) electrons. The van der Waals surface area contributed by atoms with Gasteiger partial charge in [-0.1, -0.05) is 19.9 Å². The van der Waals surface area contributed by atoms with Gasteiger partial charge in [-0.05, 0) is 30.5 Å². The maximum atomic E-state index is 11.7. The van der Waals surface area contributed by atoms with Gasteiger partial charge >= 0.3 is 5.97 Å². The SMILES string of the molecule is COc1cccc(C(=O)OCC(=O)NCCC(C)C)c1. The number of amides is 1. The first-order valence-corrected chi connectivity index (χ1v) is 6.60. The molecule has 1 N–H and O–H groups in total. The summed E-state index contributed by atoms with van der Waals surface area (Å²) in [5.41, 5.74) is 0.360. The van der Waals surface area contributed by atoms with Gasteiger partial charge in [-0.15, -0.1) is 0 Å². The van der Waals surface area contributed by atoms with Crippen LogP contribution in [0.3, 0.4) is 0 Å². The molecule has 0 aliphatic rings. The van der Waals surface area contributed by atoms with Gasteiger partial charge in [0, 0.05) is 6.54 Å². The molecule has 0 spiro atoms. The number of methoxy groups -OCH3 is 1. The predicted molar refractivity (Wildman–Crippen MR) is 75.7 cm³/mol. The number of carbonyl (C=O) groups excluding carboxylic acids is 2. The lowest BCUT2D eigenvalue weighted by molar-refractivity contribution is -0.124. The molecule has 1 rings (SSSR count). The molecule has 0 aromatic heterocycles. The van der Waals surface area contributed by atoms with E-state index in [1.165, 1.54) is 7.11 Å². The number of ether oxygens (including phenoxy) is 2. The molecule has 0 fully saturated rings. The monoisotopic (exact) mass is 279 g/mol. The second-order valence-corrected chi connectivity index (χ2v) is 4.84. The van der Waals surface area contributed by atoms with Gasteiger partial charge in [0.05, 0.1) is 12.7 Å². The van der Waals surface area contributed by atoms with Crippen LogP contribution in [0.4, 0.5) is 0 Å². The summed E-state index contributed by atoms with van der Waals surface area (Å²) in [5.74, 6) is 0.264. The Balaban J connectivity index is 2.37. The third kappa shape index (κ3) is 5.73. The Hall–Kier alpha value is -2.04. The van der Waals surface area contributed by atoms with Gasteiger partial charge in [-0.25, -0.2) is 4.79 Å². The first-order chi connectivity index (χ1) is 9.52. The molecule has 0 unspecified atom stereocenters. The maximum Gasteiger partial charge on any atom is 0.338 e. The Labute approximate surface area is 119 Å². The fraction of sp³-hybridized carbons (Fsp3) is 0.467. The number of benzene rings is 1. The molecular formula is C15H21NO4. The second kappa shape index (κ2) is 8.19. The zero-order valence-corrected chi connectivity index (χ0v) is 12.1. The quantitative estimate of drug-likeness (QED) is 0.775. The van der Waals surface area contributed by atoms with Crippen molar-refractivity contribution in [2.45, 2.75) is 20.3 Å². The van der Waals surface area contributed by atoms with Gasteiger partial charge in [0.25, 0.3) is 5.91 Å². The fourth-order valence-corrected chi connectivity index (χ4v) is 1.52. The lowest BCUT2D eigenvalue weighted by Crippen LogP contribution is -2.30. The molecule has 5 nitrogen and oxygen atoms in total. The van der Waals surface area contributed by atoms with Crippen LogP contribution in [-0.2, 0) is 9.53 Å². The average Bonchev–Trinajstić information content (AvgIpc) is 2.44. The third-order valence-corrected chi connectivity index (χ3v) is 2.68. The van der Waals surface area contributed by atoms with E-state index in [-0.39, 0.29) is 12.5 Å². The number of carbonyl (C=O) groups is 2. The minimum absolute atomic E-state index is 0.270. The maximum absolute atomic E-state index is 11.7. The summed E-state index contributed by atoms with van der Waals surface area (Å²) >= 11 is 0. The van der Waals surface area contributed by atoms with Crippen molar-refractivity contribution in [1.82, 2.24) is 5.32 Å². The molecule has 5 heteroatoms. The van der Waals surface area contributed by atoms with E-state index in [0.29, 0.717) is 23.8 Å². The summed E-state index contributed by atoms with van der Waals surface area (Å²) < 4.78 is 9.96. The first kappa shape index (κ1) is 16.0. The lowest BCUT2D eigenvalue weighted by atomic mass is 10.1. The molecule has 1 amide bonds. The number of nitrogens with one attached hydrogen (secondary N) is 1. The van der Waals surface area contributed by atoms with Crippen molar-refractivity contribution >= 4 is 11.9 Å². The largest absolute Gasteiger partial charge is 0.497 e. The van der Waals surface area contributed by atoms with Crippen molar-refractivity contribution in [3.05, 3.63) is 29.8 Å². The van der Waals surface area contributed by atoms with Crippen molar-refractivity contribution in [3.8, 4) is 5.75 Å². The van der Waals surface area contributed by atoms with Gasteiger partial charge in [-0.2, -0.15) is 0 Å². The number of esters is 1. The average molecular weight is 279 g/mol. The summed E-state index contributed by atoms with van der Waals surface area (Å²) in [4.78, 5) is 23.2. The van der Waals surface area contributed by atoms with Gasteiger partial charge in [0.1, 0.15) is 5.75 Å². The number of hydrogen-bond donors (Lipinski definition) is 1. The zero-order valence-electron chi connectivity index (χ0n) is 12.1. The van der Waals surface area contributed by atoms with E-state index in [1.54, 1.807) is 24.3 Å². The van der Waals surface area contributed by atoms with Gasteiger partial charge in [-0.3, -0.25) is 4.79 Å². The Bertz CT molecular complexity index is 457. The summed E-state index contributed by atoms with van der Waals surface area (Å²) in [6.07, 6.45) is 0.898. The Morgan fingerprint density at radius 2 is 2.05 bits per heavy atom. The van der Waals surface area contributed by atoms with E-state index < -0.39 is 5.97 Å². The van der Waals surface area contributed by atoms with E-state index >= 15 is 0 Å². The molecular weight excluding hydrogens is 258 g/mol. The van der Waals surface area contributed by atoms with Crippen LogP contribution in [-0.4, -0.2) is 32.1 Å². The fourth-order valence-electron chi connectivity index (χ4n) is 1.52. The van der Waals surface area contributed by atoms with Gasteiger partial charge in [0.15, 0.2) is 6.61 Å². The highest BCUT2D eigenvalue weighted by atomic mass is 16.5. The topological polar surface area (TPSA) is 64.6 Å². The molecule has 0 atom stereocenters. The van der Waals surface area contributed by atoms with E-state index in [9.17, 15) is 9.59 Å². The Kier molecular flexibility index (Phi) is 6.56. The van der Waals surface area contributed by atoms with E-state index in [1.807, 2.05) is 0 Å². The summed E-state index contributed by atoms with van der Waals surface area (Å²) in [6, 6.07) is 6.61. The normalized spacial score (nSPS) is 10.2. The second-order valence-electron chi connectivity index (χ2n) is 4.84. The van der Waals surface area contributed by atoms with Gasteiger partial charge < -0.3 is 14.8 Å². The highest BCUT2D eigenvalue weighted by molar-refractivity contribution is 5.91. The zero-order chi connectivity index (χ0) is 15.0. The third-order valence-electron chi connectivity index (χ3n) is 2.68. The molecule has 1 aromatic rings. The molecule has 20 heavy (non-hydrogen) atoms.